The van der Waals surface area contributed by atoms with E-state index < -0.39 is 6.10 Å². The van der Waals surface area contributed by atoms with Gasteiger partial charge in [0.15, 0.2) is 6.10 Å². The van der Waals surface area contributed by atoms with Gasteiger partial charge in [0.2, 0.25) is 5.91 Å². The molecule has 0 saturated carbocycles. The summed E-state index contributed by atoms with van der Waals surface area (Å²) in [5.41, 5.74) is 1.86. The summed E-state index contributed by atoms with van der Waals surface area (Å²) in [5.74, 6) is 1.46. The van der Waals surface area contributed by atoms with Crippen LogP contribution in [0.4, 0.5) is 5.69 Å². The van der Waals surface area contributed by atoms with Gasteiger partial charge < -0.3 is 19.3 Å². The van der Waals surface area contributed by atoms with Crippen LogP contribution in [0.3, 0.4) is 0 Å². The van der Waals surface area contributed by atoms with E-state index in [1.54, 1.807) is 18.9 Å². The fourth-order valence-electron chi connectivity index (χ4n) is 4.18. The molecule has 2 unspecified atom stereocenters. The van der Waals surface area contributed by atoms with Gasteiger partial charge in [-0.25, -0.2) is 0 Å². The third-order valence-electron chi connectivity index (χ3n) is 5.70. The molecule has 2 aliphatic heterocycles. The molecule has 1 fully saturated rings. The molecule has 0 aromatic heterocycles. The molecular formula is C23H26N2O4. The maximum Gasteiger partial charge on any atom is 0.267 e. The zero-order valence-electron chi connectivity index (χ0n) is 16.8. The number of methoxy groups -OCH3 is 1. The lowest BCUT2D eigenvalue weighted by molar-refractivity contribution is -0.132. The molecule has 2 aromatic rings. The Kier molecular flexibility index (Phi) is 5.43. The second-order valence-electron chi connectivity index (χ2n) is 7.49. The van der Waals surface area contributed by atoms with Crippen LogP contribution in [0.1, 0.15) is 37.8 Å². The first-order chi connectivity index (χ1) is 14.1. The molecule has 2 atom stereocenters. The van der Waals surface area contributed by atoms with Gasteiger partial charge in [0.25, 0.3) is 5.91 Å². The van der Waals surface area contributed by atoms with Crippen LogP contribution >= 0.6 is 0 Å². The summed E-state index contributed by atoms with van der Waals surface area (Å²) in [6.45, 7) is 2.85. The average molecular weight is 394 g/mol. The van der Waals surface area contributed by atoms with E-state index in [0.29, 0.717) is 18.7 Å². The highest BCUT2D eigenvalue weighted by Crippen LogP contribution is 2.35. The van der Waals surface area contributed by atoms with Gasteiger partial charge in [-0.05, 0) is 49.6 Å². The number of hydrogen-bond donors (Lipinski definition) is 0. The maximum atomic E-state index is 13.0. The summed E-state index contributed by atoms with van der Waals surface area (Å²) in [4.78, 5) is 29.3. The topological polar surface area (TPSA) is 59.1 Å². The van der Waals surface area contributed by atoms with Gasteiger partial charge >= 0.3 is 0 Å². The van der Waals surface area contributed by atoms with Crippen LogP contribution in [0.2, 0.25) is 0 Å². The molecule has 152 valence electrons. The van der Waals surface area contributed by atoms with Crippen molar-refractivity contribution in [3.05, 3.63) is 54.1 Å². The minimum Gasteiger partial charge on any atom is -0.497 e. The lowest BCUT2D eigenvalue weighted by Crippen LogP contribution is -2.46. The Labute approximate surface area is 171 Å². The van der Waals surface area contributed by atoms with E-state index in [1.807, 2.05) is 53.4 Å². The van der Waals surface area contributed by atoms with Crippen molar-refractivity contribution >= 4 is 17.5 Å². The highest BCUT2D eigenvalue weighted by molar-refractivity contribution is 6.00. The van der Waals surface area contributed by atoms with E-state index in [0.717, 1.165) is 36.4 Å². The van der Waals surface area contributed by atoms with Crippen molar-refractivity contribution in [1.29, 1.82) is 0 Å². The van der Waals surface area contributed by atoms with Gasteiger partial charge in [0.05, 0.1) is 18.8 Å². The first kappa shape index (κ1) is 19.3. The highest BCUT2D eigenvalue weighted by Gasteiger charge is 2.33. The van der Waals surface area contributed by atoms with Crippen molar-refractivity contribution in [2.45, 2.75) is 38.3 Å². The predicted octanol–water partition coefficient (Wildman–Crippen LogP) is 3.56. The Morgan fingerprint density at radius 2 is 1.93 bits per heavy atom. The van der Waals surface area contributed by atoms with Crippen molar-refractivity contribution < 1.29 is 19.1 Å². The van der Waals surface area contributed by atoms with E-state index in [2.05, 4.69) is 0 Å². The highest BCUT2D eigenvalue weighted by atomic mass is 16.5. The number of ether oxygens (including phenoxy) is 2. The van der Waals surface area contributed by atoms with E-state index in [4.69, 9.17) is 9.47 Å². The normalized spacial score (nSPS) is 21.0. The van der Waals surface area contributed by atoms with Crippen LogP contribution in [0.25, 0.3) is 0 Å². The van der Waals surface area contributed by atoms with E-state index in [9.17, 15) is 9.59 Å². The van der Waals surface area contributed by atoms with Crippen molar-refractivity contribution in [2.24, 2.45) is 0 Å². The van der Waals surface area contributed by atoms with Gasteiger partial charge in [-0.2, -0.15) is 0 Å². The molecule has 2 heterocycles. The number of rotatable bonds is 5. The van der Waals surface area contributed by atoms with Crippen LogP contribution in [0.5, 0.6) is 11.5 Å². The SMILES string of the molecule is COc1ccc(C2CCCN2C(=O)CCN2C(=O)C(C)Oc3ccccc32)cc1. The van der Waals surface area contributed by atoms with E-state index in [1.165, 1.54) is 0 Å². The third-order valence-corrected chi connectivity index (χ3v) is 5.70. The zero-order chi connectivity index (χ0) is 20.4. The summed E-state index contributed by atoms with van der Waals surface area (Å²) in [5, 5.41) is 0. The monoisotopic (exact) mass is 394 g/mol. The molecule has 0 radical (unpaired) electrons. The zero-order valence-corrected chi connectivity index (χ0v) is 16.8. The molecular weight excluding hydrogens is 368 g/mol. The Morgan fingerprint density at radius 3 is 2.69 bits per heavy atom. The molecule has 2 amide bonds. The molecule has 6 heteroatoms. The van der Waals surface area contributed by atoms with Crippen LogP contribution in [-0.2, 0) is 9.59 Å². The molecule has 2 aromatic carbocycles. The van der Waals surface area contributed by atoms with E-state index in [-0.39, 0.29) is 17.9 Å². The number of benzene rings is 2. The lowest BCUT2D eigenvalue weighted by atomic mass is 10.0. The number of carbonyl (C=O) groups excluding carboxylic acids is 2. The number of fused-ring (bicyclic) bond motifs is 1. The van der Waals surface area contributed by atoms with Crippen LogP contribution in [-0.4, -0.2) is 43.0 Å². The number of amides is 2. The largest absolute Gasteiger partial charge is 0.497 e. The Hall–Kier alpha value is -3.02. The number of hydrogen-bond acceptors (Lipinski definition) is 4. The first-order valence-electron chi connectivity index (χ1n) is 10.1. The van der Waals surface area contributed by atoms with Crippen molar-refractivity contribution in [1.82, 2.24) is 4.90 Å². The molecule has 0 bridgehead atoms. The predicted molar refractivity (Wildman–Crippen MR) is 110 cm³/mol. The number of carbonyl (C=O) groups is 2. The third kappa shape index (κ3) is 3.79. The van der Waals surface area contributed by atoms with Crippen molar-refractivity contribution in [3.63, 3.8) is 0 Å². The number of likely N-dealkylation sites (tertiary alicyclic amines) is 1. The second-order valence-corrected chi connectivity index (χ2v) is 7.49. The standard InChI is InChI=1S/C23H26N2O4/c1-16-23(27)25(20-6-3-4-8-21(20)29-16)15-13-22(26)24-14-5-7-19(24)17-9-11-18(28-2)12-10-17/h3-4,6,8-12,16,19H,5,7,13-15H2,1-2H3. The Balaban J connectivity index is 1.45. The quantitative estimate of drug-likeness (QED) is 0.778. The Bertz CT molecular complexity index is 896. The molecule has 29 heavy (non-hydrogen) atoms. The molecule has 2 aliphatic rings. The fourth-order valence-corrected chi connectivity index (χ4v) is 4.18. The Morgan fingerprint density at radius 1 is 1.17 bits per heavy atom. The number of para-hydroxylation sites is 2. The minimum atomic E-state index is -0.543. The van der Waals surface area contributed by atoms with Crippen molar-refractivity contribution in [2.75, 3.05) is 25.1 Å². The molecule has 4 rings (SSSR count). The van der Waals surface area contributed by atoms with Gasteiger partial charge in [0, 0.05) is 19.5 Å². The van der Waals surface area contributed by atoms with E-state index >= 15 is 0 Å². The van der Waals surface area contributed by atoms with Gasteiger partial charge in [0.1, 0.15) is 11.5 Å². The summed E-state index contributed by atoms with van der Waals surface area (Å²) >= 11 is 0. The molecule has 1 saturated heterocycles. The number of nitrogens with zero attached hydrogens (tertiary/aromatic N) is 2. The summed E-state index contributed by atoms with van der Waals surface area (Å²) in [6, 6.07) is 15.5. The molecule has 0 N–H and O–H groups in total. The average Bonchev–Trinajstić information content (AvgIpc) is 3.24. The minimum absolute atomic E-state index is 0.0766. The second kappa shape index (κ2) is 8.15. The smallest absolute Gasteiger partial charge is 0.267 e. The van der Waals surface area contributed by atoms with Crippen molar-refractivity contribution in [3.8, 4) is 11.5 Å². The lowest BCUT2D eigenvalue weighted by Gasteiger charge is -2.33. The van der Waals surface area contributed by atoms with Crippen LogP contribution in [0.15, 0.2) is 48.5 Å². The molecule has 6 nitrogen and oxygen atoms in total. The summed E-state index contributed by atoms with van der Waals surface area (Å²) < 4.78 is 10.9. The molecule has 0 aliphatic carbocycles. The van der Waals surface area contributed by atoms with Gasteiger partial charge in [-0.1, -0.05) is 24.3 Å². The summed E-state index contributed by atoms with van der Waals surface area (Å²) in [6.07, 6.45) is 1.69. The van der Waals surface area contributed by atoms with Gasteiger partial charge in [-0.15, -0.1) is 0 Å². The number of anilines is 1. The van der Waals surface area contributed by atoms with Gasteiger partial charge in [-0.3, -0.25) is 9.59 Å². The summed E-state index contributed by atoms with van der Waals surface area (Å²) in [7, 11) is 1.65. The van der Waals surface area contributed by atoms with Crippen LogP contribution < -0.4 is 14.4 Å². The molecule has 0 spiro atoms. The first-order valence-corrected chi connectivity index (χ1v) is 10.1. The maximum absolute atomic E-state index is 13.0. The van der Waals surface area contributed by atoms with Crippen LogP contribution in [0, 0.1) is 0 Å². The fraction of sp³-hybridized carbons (Fsp3) is 0.391.